The lowest BCUT2D eigenvalue weighted by Crippen LogP contribution is -2.14. The summed E-state index contributed by atoms with van der Waals surface area (Å²) in [6, 6.07) is 8.77. The van der Waals surface area contributed by atoms with Gasteiger partial charge in [-0.05, 0) is 36.8 Å². The van der Waals surface area contributed by atoms with Crippen LogP contribution in [0.4, 0.5) is 20.2 Å². The van der Waals surface area contributed by atoms with Gasteiger partial charge in [0.1, 0.15) is 11.6 Å². The molecule has 0 aliphatic heterocycles. The van der Waals surface area contributed by atoms with Crippen LogP contribution in [0, 0.1) is 18.6 Å². The van der Waals surface area contributed by atoms with Gasteiger partial charge in [0.25, 0.3) is 0 Å². The summed E-state index contributed by atoms with van der Waals surface area (Å²) in [6.45, 7) is 3.59. The van der Waals surface area contributed by atoms with E-state index in [0.717, 1.165) is 17.7 Å². The Hall–Kier alpha value is -3.55. The van der Waals surface area contributed by atoms with E-state index in [9.17, 15) is 18.4 Å². The summed E-state index contributed by atoms with van der Waals surface area (Å²) in [6.07, 6.45) is 1.81. The van der Waals surface area contributed by atoms with Gasteiger partial charge in [-0.25, -0.2) is 13.8 Å². The molecule has 0 saturated heterocycles. The lowest BCUT2D eigenvalue weighted by atomic mass is 10.1. The molecule has 0 saturated carbocycles. The smallest absolute Gasteiger partial charge is 0.224 e. The van der Waals surface area contributed by atoms with Crippen molar-refractivity contribution >= 4 is 23.2 Å². The molecular formula is C22H21F2N3O3. The molecule has 30 heavy (non-hydrogen) atoms. The van der Waals surface area contributed by atoms with E-state index in [0.29, 0.717) is 17.8 Å². The van der Waals surface area contributed by atoms with Crippen molar-refractivity contribution in [3.05, 3.63) is 65.7 Å². The second kappa shape index (κ2) is 9.30. The number of hydrogen-bond acceptors (Lipinski definition) is 4. The fourth-order valence-corrected chi connectivity index (χ4v) is 2.79. The van der Waals surface area contributed by atoms with Gasteiger partial charge in [-0.15, -0.1) is 0 Å². The first-order chi connectivity index (χ1) is 14.4. The van der Waals surface area contributed by atoms with Crippen LogP contribution in [-0.4, -0.2) is 16.8 Å². The number of halogens is 2. The lowest BCUT2D eigenvalue weighted by Gasteiger charge is -2.11. The Morgan fingerprint density at radius 1 is 1.07 bits per heavy atom. The number of oxazole rings is 1. The molecule has 1 heterocycles. The van der Waals surface area contributed by atoms with Crippen LogP contribution in [0.1, 0.15) is 31.2 Å². The summed E-state index contributed by atoms with van der Waals surface area (Å²) < 4.78 is 33.1. The van der Waals surface area contributed by atoms with E-state index in [4.69, 9.17) is 4.42 Å². The molecular weight excluding hydrogens is 392 g/mol. The van der Waals surface area contributed by atoms with E-state index in [1.54, 1.807) is 25.1 Å². The SMILES string of the molecule is CCC(=O)Nc1ccc(C)c(NC(=O)CCc2ncc(-c3c(F)cccc3F)o2)c1. The van der Waals surface area contributed by atoms with E-state index < -0.39 is 11.6 Å². The predicted octanol–water partition coefficient (Wildman–Crippen LogP) is 4.85. The molecule has 2 aromatic carbocycles. The topological polar surface area (TPSA) is 84.2 Å². The van der Waals surface area contributed by atoms with Crippen molar-refractivity contribution < 1.29 is 22.8 Å². The Morgan fingerprint density at radius 2 is 1.80 bits per heavy atom. The maximum atomic E-state index is 13.9. The summed E-state index contributed by atoms with van der Waals surface area (Å²) >= 11 is 0. The summed E-state index contributed by atoms with van der Waals surface area (Å²) in [4.78, 5) is 27.9. The van der Waals surface area contributed by atoms with Crippen molar-refractivity contribution in [3.63, 3.8) is 0 Å². The number of carbonyl (C=O) groups excluding carboxylic acids is 2. The second-order valence-corrected chi connectivity index (χ2v) is 6.69. The largest absolute Gasteiger partial charge is 0.441 e. The zero-order valence-electron chi connectivity index (χ0n) is 16.6. The Balaban J connectivity index is 1.62. The number of anilines is 2. The number of rotatable bonds is 7. The van der Waals surface area contributed by atoms with Gasteiger partial charge in [0.05, 0.1) is 11.8 Å². The Bertz CT molecular complexity index is 1060. The molecule has 0 unspecified atom stereocenters. The van der Waals surface area contributed by atoms with Gasteiger partial charge < -0.3 is 15.1 Å². The van der Waals surface area contributed by atoms with Crippen molar-refractivity contribution in [3.8, 4) is 11.3 Å². The highest BCUT2D eigenvalue weighted by molar-refractivity contribution is 5.94. The molecule has 0 aliphatic carbocycles. The minimum absolute atomic E-state index is 0.0313. The highest BCUT2D eigenvalue weighted by Gasteiger charge is 2.16. The molecule has 0 bridgehead atoms. The van der Waals surface area contributed by atoms with Gasteiger partial charge in [0.2, 0.25) is 11.8 Å². The first-order valence-corrected chi connectivity index (χ1v) is 9.46. The molecule has 3 rings (SSSR count). The molecule has 0 fully saturated rings. The third kappa shape index (κ3) is 5.08. The number of hydrogen-bond donors (Lipinski definition) is 2. The molecule has 1 aromatic heterocycles. The highest BCUT2D eigenvalue weighted by Crippen LogP contribution is 2.27. The normalized spacial score (nSPS) is 10.7. The van der Waals surface area contributed by atoms with Crippen molar-refractivity contribution in [1.29, 1.82) is 0 Å². The van der Waals surface area contributed by atoms with Crippen molar-refractivity contribution in [2.24, 2.45) is 0 Å². The fraction of sp³-hybridized carbons (Fsp3) is 0.227. The van der Waals surface area contributed by atoms with Crippen LogP contribution in [0.25, 0.3) is 11.3 Å². The molecule has 2 amide bonds. The first kappa shape index (κ1) is 21.2. The summed E-state index contributed by atoms with van der Waals surface area (Å²) in [5.41, 5.74) is 1.72. The van der Waals surface area contributed by atoms with Crippen LogP contribution in [0.2, 0.25) is 0 Å². The van der Waals surface area contributed by atoms with Crippen LogP contribution < -0.4 is 10.6 Å². The Kier molecular flexibility index (Phi) is 6.56. The van der Waals surface area contributed by atoms with Crippen molar-refractivity contribution in [2.75, 3.05) is 10.6 Å². The van der Waals surface area contributed by atoms with E-state index in [1.165, 1.54) is 12.3 Å². The van der Waals surface area contributed by atoms with E-state index >= 15 is 0 Å². The van der Waals surface area contributed by atoms with Gasteiger partial charge in [0, 0.05) is 30.6 Å². The third-order valence-corrected chi connectivity index (χ3v) is 4.45. The second-order valence-electron chi connectivity index (χ2n) is 6.69. The molecule has 0 spiro atoms. The number of aromatic nitrogens is 1. The predicted molar refractivity (Wildman–Crippen MR) is 109 cm³/mol. The maximum Gasteiger partial charge on any atom is 0.224 e. The fourth-order valence-electron chi connectivity index (χ4n) is 2.79. The number of nitrogens with one attached hydrogen (secondary N) is 2. The number of carbonyl (C=O) groups is 2. The minimum atomic E-state index is -0.749. The number of nitrogens with zero attached hydrogens (tertiary/aromatic N) is 1. The molecule has 8 heteroatoms. The van der Waals surface area contributed by atoms with Crippen LogP contribution in [0.5, 0.6) is 0 Å². The van der Waals surface area contributed by atoms with Crippen LogP contribution in [-0.2, 0) is 16.0 Å². The third-order valence-electron chi connectivity index (χ3n) is 4.45. The summed E-state index contributed by atoms with van der Waals surface area (Å²) in [5, 5.41) is 5.53. The lowest BCUT2D eigenvalue weighted by molar-refractivity contribution is -0.116. The van der Waals surface area contributed by atoms with Gasteiger partial charge in [-0.1, -0.05) is 19.1 Å². The van der Waals surface area contributed by atoms with Crippen molar-refractivity contribution in [2.45, 2.75) is 33.1 Å². The number of benzene rings is 2. The van der Waals surface area contributed by atoms with Crippen molar-refractivity contribution in [1.82, 2.24) is 4.98 Å². The van der Waals surface area contributed by atoms with Gasteiger partial charge in [0.15, 0.2) is 11.7 Å². The monoisotopic (exact) mass is 413 g/mol. The highest BCUT2D eigenvalue weighted by atomic mass is 19.1. The molecule has 0 atom stereocenters. The molecule has 6 nitrogen and oxygen atoms in total. The molecule has 3 aromatic rings. The number of amides is 2. The van der Waals surface area contributed by atoms with E-state index in [2.05, 4.69) is 15.6 Å². The standard InChI is InChI=1S/C22H21F2N3O3/c1-3-19(28)26-14-8-7-13(2)17(11-14)27-20(29)9-10-21-25-12-18(30-21)22-15(23)5-4-6-16(22)24/h4-8,11-12H,3,9-10H2,1-2H3,(H,26,28)(H,27,29). The average molecular weight is 413 g/mol. The molecule has 0 radical (unpaired) electrons. The van der Waals surface area contributed by atoms with Crippen LogP contribution in [0.3, 0.4) is 0 Å². The average Bonchev–Trinajstić information content (AvgIpc) is 3.17. The quantitative estimate of drug-likeness (QED) is 0.580. The number of aryl methyl sites for hydroxylation is 2. The van der Waals surface area contributed by atoms with Gasteiger partial charge in [-0.3, -0.25) is 9.59 Å². The van der Waals surface area contributed by atoms with E-state index in [1.807, 2.05) is 6.92 Å². The van der Waals surface area contributed by atoms with Crippen LogP contribution >= 0.6 is 0 Å². The maximum absolute atomic E-state index is 13.9. The first-order valence-electron chi connectivity index (χ1n) is 9.46. The minimum Gasteiger partial charge on any atom is -0.441 e. The van der Waals surface area contributed by atoms with E-state index in [-0.39, 0.29) is 41.9 Å². The molecule has 156 valence electrons. The van der Waals surface area contributed by atoms with Gasteiger partial charge >= 0.3 is 0 Å². The van der Waals surface area contributed by atoms with Crippen LogP contribution in [0.15, 0.2) is 47.0 Å². The zero-order valence-corrected chi connectivity index (χ0v) is 16.6. The molecule has 2 N–H and O–H groups in total. The summed E-state index contributed by atoms with van der Waals surface area (Å²) in [7, 11) is 0. The Labute approximate surface area is 172 Å². The molecule has 0 aliphatic rings. The Morgan fingerprint density at radius 3 is 2.50 bits per heavy atom. The van der Waals surface area contributed by atoms with Gasteiger partial charge in [-0.2, -0.15) is 0 Å². The zero-order chi connectivity index (χ0) is 21.7. The summed E-state index contributed by atoms with van der Waals surface area (Å²) in [5.74, 6) is -1.74.